The molecule has 0 aliphatic heterocycles. The Balaban J connectivity index is 2.76. The molecule has 0 saturated carbocycles. The third kappa shape index (κ3) is 2.83. The van der Waals surface area contributed by atoms with Crippen molar-refractivity contribution in [1.82, 2.24) is 5.32 Å². The lowest BCUT2D eigenvalue weighted by molar-refractivity contribution is 0.630. The van der Waals surface area contributed by atoms with Crippen LogP contribution in [-0.2, 0) is 0 Å². The Bertz CT molecular complexity index is 323. The second-order valence-electron chi connectivity index (χ2n) is 2.84. The SMILES string of the molecule is CNCC=Cc1ccc(NN)c(F)c1. The summed E-state index contributed by atoms with van der Waals surface area (Å²) in [5.74, 6) is 4.76. The number of nitrogen functional groups attached to an aromatic ring is 1. The fourth-order valence-electron chi connectivity index (χ4n) is 1.06. The number of nitrogens with two attached hydrogens (primary N) is 1. The van der Waals surface area contributed by atoms with E-state index in [0.717, 1.165) is 12.1 Å². The summed E-state index contributed by atoms with van der Waals surface area (Å²) in [7, 11) is 1.85. The van der Waals surface area contributed by atoms with Crippen molar-refractivity contribution >= 4 is 11.8 Å². The van der Waals surface area contributed by atoms with Gasteiger partial charge in [0.2, 0.25) is 0 Å². The Hall–Kier alpha value is -1.39. The van der Waals surface area contributed by atoms with Crippen LogP contribution in [0.3, 0.4) is 0 Å². The molecule has 14 heavy (non-hydrogen) atoms. The maximum Gasteiger partial charge on any atom is 0.148 e. The first-order chi connectivity index (χ1) is 6.77. The van der Waals surface area contributed by atoms with Crippen molar-refractivity contribution in [2.75, 3.05) is 19.0 Å². The number of nitrogens with one attached hydrogen (secondary N) is 2. The highest BCUT2D eigenvalue weighted by molar-refractivity contribution is 5.55. The molecule has 0 atom stereocenters. The molecule has 0 spiro atoms. The Labute approximate surface area is 82.8 Å². The van der Waals surface area contributed by atoms with Gasteiger partial charge in [-0.05, 0) is 24.7 Å². The summed E-state index contributed by atoms with van der Waals surface area (Å²) >= 11 is 0. The molecule has 0 amide bonds. The lowest BCUT2D eigenvalue weighted by Crippen LogP contribution is -2.08. The van der Waals surface area contributed by atoms with E-state index in [1.54, 1.807) is 12.1 Å². The minimum Gasteiger partial charge on any atom is -0.321 e. The van der Waals surface area contributed by atoms with Crippen molar-refractivity contribution in [3.63, 3.8) is 0 Å². The van der Waals surface area contributed by atoms with Gasteiger partial charge < -0.3 is 10.7 Å². The first-order valence-electron chi connectivity index (χ1n) is 4.35. The van der Waals surface area contributed by atoms with Crippen LogP contribution < -0.4 is 16.6 Å². The molecule has 76 valence electrons. The molecule has 0 radical (unpaired) electrons. The van der Waals surface area contributed by atoms with Crippen molar-refractivity contribution < 1.29 is 4.39 Å². The molecule has 0 aromatic heterocycles. The first kappa shape index (κ1) is 10.7. The van der Waals surface area contributed by atoms with Crippen LogP contribution in [0.4, 0.5) is 10.1 Å². The summed E-state index contributed by atoms with van der Waals surface area (Å²) in [6.45, 7) is 0.762. The zero-order valence-electron chi connectivity index (χ0n) is 8.05. The third-order valence-electron chi connectivity index (χ3n) is 1.78. The molecule has 0 aliphatic carbocycles. The molecular formula is C10H14FN3. The van der Waals surface area contributed by atoms with E-state index in [-0.39, 0.29) is 5.82 Å². The molecule has 1 aromatic carbocycles. The smallest absolute Gasteiger partial charge is 0.148 e. The predicted octanol–water partition coefficient (Wildman–Crippen LogP) is 1.34. The van der Waals surface area contributed by atoms with E-state index in [0.29, 0.717) is 5.69 Å². The van der Waals surface area contributed by atoms with Crippen molar-refractivity contribution in [3.8, 4) is 0 Å². The molecule has 4 heteroatoms. The molecule has 0 unspecified atom stereocenters. The number of halogens is 1. The molecule has 0 saturated heterocycles. The molecule has 1 aromatic rings. The first-order valence-corrected chi connectivity index (χ1v) is 4.35. The highest BCUT2D eigenvalue weighted by Gasteiger charge is 1.99. The normalized spacial score (nSPS) is 10.8. The van der Waals surface area contributed by atoms with Gasteiger partial charge in [-0.15, -0.1) is 0 Å². The van der Waals surface area contributed by atoms with Crippen molar-refractivity contribution in [1.29, 1.82) is 0 Å². The van der Waals surface area contributed by atoms with E-state index < -0.39 is 0 Å². The van der Waals surface area contributed by atoms with E-state index in [1.165, 1.54) is 6.07 Å². The largest absolute Gasteiger partial charge is 0.321 e. The van der Waals surface area contributed by atoms with Gasteiger partial charge in [-0.25, -0.2) is 4.39 Å². The number of hydrogen-bond acceptors (Lipinski definition) is 3. The highest BCUT2D eigenvalue weighted by Crippen LogP contribution is 2.15. The van der Waals surface area contributed by atoms with Gasteiger partial charge in [0.1, 0.15) is 5.82 Å². The summed E-state index contributed by atoms with van der Waals surface area (Å²) in [5, 5.41) is 2.96. The van der Waals surface area contributed by atoms with Gasteiger partial charge in [-0.2, -0.15) is 0 Å². The Kier molecular flexibility index (Phi) is 4.10. The van der Waals surface area contributed by atoms with Crippen molar-refractivity contribution in [2.24, 2.45) is 5.84 Å². The van der Waals surface area contributed by atoms with Gasteiger partial charge in [0.25, 0.3) is 0 Å². The van der Waals surface area contributed by atoms with E-state index in [1.807, 2.05) is 19.2 Å². The summed E-state index contributed by atoms with van der Waals surface area (Å²) in [5.41, 5.74) is 3.40. The molecule has 1 rings (SSSR count). The lowest BCUT2D eigenvalue weighted by atomic mass is 10.2. The van der Waals surface area contributed by atoms with Gasteiger partial charge in [0.15, 0.2) is 0 Å². The van der Waals surface area contributed by atoms with Crippen molar-refractivity contribution in [2.45, 2.75) is 0 Å². The van der Waals surface area contributed by atoms with E-state index in [9.17, 15) is 4.39 Å². The number of anilines is 1. The van der Waals surface area contributed by atoms with Crippen LogP contribution >= 0.6 is 0 Å². The third-order valence-corrected chi connectivity index (χ3v) is 1.78. The van der Waals surface area contributed by atoms with Gasteiger partial charge in [0.05, 0.1) is 5.69 Å². The van der Waals surface area contributed by atoms with Gasteiger partial charge in [-0.3, -0.25) is 5.84 Å². The monoisotopic (exact) mass is 195 g/mol. The molecule has 3 nitrogen and oxygen atoms in total. The van der Waals surface area contributed by atoms with Crippen LogP contribution in [-0.4, -0.2) is 13.6 Å². The molecule has 4 N–H and O–H groups in total. The Morgan fingerprint density at radius 2 is 2.29 bits per heavy atom. The topological polar surface area (TPSA) is 50.1 Å². The fraction of sp³-hybridized carbons (Fsp3) is 0.200. The van der Waals surface area contributed by atoms with Crippen LogP contribution in [0.5, 0.6) is 0 Å². The van der Waals surface area contributed by atoms with Crippen LogP contribution in [0.25, 0.3) is 6.08 Å². The lowest BCUT2D eigenvalue weighted by Gasteiger charge is -2.02. The number of benzene rings is 1. The second-order valence-corrected chi connectivity index (χ2v) is 2.84. The number of hydrazine groups is 1. The van der Waals surface area contributed by atoms with Gasteiger partial charge >= 0.3 is 0 Å². The molecule has 0 aliphatic rings. The predicted molar refractivity (Wildman–Crippen MR) is 57.2 cm³/mol. The highest BCUT2D eigenvalue weighted by atomic mass is 19.1. The quantitative estimate of drug-likeness (QED) is 0.502. The minimum atomic E-state index is -0.348. The van der Waals surface area contributed by atoms with Gasteiger partial charge in [-0.1, -0.05) is 18.2 Å². The van der Waals surface area contributed by atoms with E-state index >= 15 is 0 Å². The standard InChI is InChI=1S/C10H14FN3/c1-13-6-2-3-8-4-5-10(14-12)9(11)7-8/h2-5,7,13-14H,6,12H2,1H3. The molecule has 0 bridgehead atoms. The fourth-order valence-corrected chi connectivity index (χ4v) is 1.06. The number of likely N-dealkylation sites (N-methyl/N-ethyl adjacent to an activating group) is 1. The Morgan fingerprint density at radius 1 is 1.50 bits per heavy atom. The summed E-state index contributed by atoms with van der Waals surface area (Å²) in [6.07, 6.45) is 3.77. The number of rotatable bonds is 4. The maximum atomic E-state index is 13.2. The maximum absolute atomic E-state index is 13.2. The zero-order valence-corrected chi connectivity index (χ0v) is 8.05. The van der Waals surface area contributed by atoms with Crippen LogP contribution in [0.2, 0.25) is 0 Å². The average molecular weight is 195 g/mol. The van der Waals surface area contributed by atoms with Gasteiger partial charge in [0, 0.05) is 6.54 Å². The summed E-state index contributed by atoms with van der Waals surface area (Å²) in [4.78, 5) is 0. The zero-order chi connectivity index (χ0) is 10.4. The Morgan fingerprint density at radius 3 is 2.86 bits per heavy atom. The van der Waals surface area contributed by atoms with E-state index in [4.69, 9.17) is 5.84 Å². The summed E-state index contributed by atoms with van der Waals surface area (Å²) in [6, 6.07) is 4.83. The molecular weight excluding hydrogens is 181 g/mol. The van der Waals surface area contributed by atoms with E-state index in [2.05, 4.69) is 10.7 Å². The van der Waals surface area contributed by atoms with Crippen LogP contribution in [0.15, 0.2) is 24.3 Å². The second kappa shape index (κ2) is 5.36. The van der Waals surface area contributed by atoms with Crippen LogP contribution in [0, 0.1) is 5.82 Å². The summed E-state index contributed by atoms with van der Waals surface area (Å²) < 4.78 is 13.2. The minimum absolute atomic E-state index is 0.302. The molecule has 0 heterocycles. The molecule has 0 fully saturated rings. The number of hydrogen-bond donors (Lipinski definition) is 3. The van der Waals surface area contributed by atoms with Crippen molar-refractivity contribution in [3.05, 3.63) is 35.7 Å². The van der Waals surface area contributed by atoms with Crippen LogP contribution in [0.1, 0.15) is 5.56 Å². The average Bonchev–Trinajstić information content (AvgIpc) is 2.18.